The lowest BCUT2D eigenvalue weighted by Crippen LogP contribution is -2.11. The van der Waals surface area contributed by atoms with E-state index in [0.717, 1.165) is 12.8 Å². The molecule has 0 saturated carbocycles. The molecule has 2 rings (SSSR count). The van der Waals surface area contributed by atoms with Crippen LogP contribution in [-0.4, -0.2) is 5.91 Å². The molecule has 0 fully saturated rings. The number of hydrogen-bond acceptors (Lipinski definition) is 2. The van der Waals surface area contributed by atoms with E-state index in [0.29, 0.717) is 22.2 Å². The van der Waals surface area contributed by atoms with Crippen LogP contribution in [0.3, 0.4) is 0 Å². The summed E-state index contributed by atoms with van der Waals surface area (Å²) < 4.78 is 0. The molecule has 0 unspecified atom stereocenters. The molecule has 0 aliphatic rings. The lowest BCUT2D eigenvalue weighted by molar-refractivity contribution is -0.116. The van der Waals surface area contributed by atoms with Gasteiger partial charge in [0.15, 0.2) is 0 Å². The summed E-state index contributed by atoms with van der Waals surface area (Å²) in [4.78, 5) is 13.1. The van der Waals surface area contributed by atoms with Gasteiger partial charge in [0.2, 0.25) is 5.91 Å². The van der Waals surface area contributed by atoms with Crippen molar-refractivity contribution in [3.63, 3.8) is 0 Å². The van der Waals surface area contributed by atoms with Crippen molar-refractivity contribution >= 4 is 46.1 Å². The van der Waals surface area contributed by atoms with Gasteiger partial charge in [-0.25, -0.2) is 0 Å². The van der Waals surface area contributed by atoms with Crippen LogP contribution in [0.15, 0.2) is 35.7 Å². The molecule has 0 saturated heterocycles. The molecular formula is C14H13Cl2NOS. The summed E-state index contributed by atoms with van der Waals surface area (Å²) in [6.07, 6.45) is 2.24. The largest absolute Gasteiger partial charge is 0.325 e. The highest BCUT2D eigenvalue weighted by molar-refractivity contribution is 7.09. The number of amides is 1. The summed E-state index contributed by atoms with van der Waals surface area (Å²) in [6, 6.07) is 9.13. The van der Waals surface area contributed by atoms with E-state index >= 15 is 0 Å². The first-order valence-electron chi connectivity index (χ1n) is 5.92. The van der Waals surface area contributed by atoms with Crippen molar-refractivity contribution in [1.29, 1.82) is 0 Å². The molecule has 1 amide bonds. The number of thiophene rings is 1. The van der Waals surface area contributed by atoms with Gasteiger partial charge in [-0.2, -0.15) is 0 Å². The molecule has 2 nitrogen and oxygen atoms in total. The van der Waals surface area contributed by atoms with Crippen LogP contribution < -0.4 is 5.32 Å². The first-order chi connectivity index (χ1) is 9.15. The van der Waals surface area contributed by atoms with Gasteiger partial charge in [0.1, 0.15) is 0 Å². The Labute approximate surface area is 126 Å². The third-order valence-electron chi connectivity index (χ3n) is 2.61. The molecule has 0 spiro atoms. The van der Waals surface area contributed by atoms with Gasteiger partial charge in [-0.05, 0) is 42.5 Å². The Morgan fingerprint density at radius 2 is 2.11 bits per heavy atom. The minimum atomic E-state index is -0.0271. The number of carbonyl (C=O) groups excluding carboxylic acids is 1. The van der Waals surface area contributed by atoms with Gasteiger partial charge in [-0.15, -0.1) is 11.3 Å². The Morgan fingerprint density at radius 3 is 2.79 bits per heavy atom. The zero-order chi connectivity index (χ0) is 13.7. The van der Waals surface area contributed by atoms with E-state index in [1.165, 1.54) is 4.88 Å². The van der Waals surface area contributed by atoms with Gasteiger partial charge < -0.3 is 5.32 Å². The van der Waals surface area contributed by atoms with Crippen LogP contribution in [0.5, 0.6) is 0 Å². The average molecular weight is 314 g/mol. The maximum absolute atomic E-state index is 11.8. The fraction of sp³-hybridized carbons (Fsp3) is 0.214. The van der Waals surface area contributed by atoms with Crippen LogP contribution in [0.2, 0.25) is 10.0 Å². The number of aryl methyl sites for hydroxylation is 1. The molecule has 1 heterocycles. The van der Waals surface area contributed by atoms with E-state index < -0.39 is 0 Å². The summed E-state index contributed by atoms with van der Waals surface area (Å²) >= 11 is 13.5. The quantitative estimate of drug-likeness (QED) is 0.825. The predicted molar refractivity (Wildman–Crippen MR) is 82.3 cm³/mol. The number of benzene rings is 1. The molecule has 0 bridgehead atoms. The summed E-state index contributed by atoms with van der Waals surface area (Å²) in [5, 5.41) is 5.85. The lowest BCUT2D eigenvalue weighted by Gasteiger charge is -2.07. The van der Waals surface area contributed by atoms with Crippen molar-refractivity contribution in [2.75, 3.05) is 5.32 Å². The van der Waals surface area contributed by atoms with Crippen LogP contribution in [0.25, 0.3) is 0 Å². The third-order valence-corrected chi connectivity index (χ3v) is 4.10. The number of hydrogen-bond donors (Lipinski definition) is 1. The van der Waals surface area contributed by atoms with E-state index in [2.05, 4.69) is 11.4 Å². The second-order valence-corrected chi connectivity index (χ2v) is 5.98. The maximum Gasteiger partial charge on any atom is 0.224 e. The topological polar surface area (TPSA) is 29.1 Å². The molecule has 0 aliphatic carbocycles. The molecule has 2 aromatic rings. The fourth-order valence-electron chi connectivity index (χ4n) is 1.68. The Bertz CT molecular complexity index is 555. The summed E-state index contributed by atoms with van der Waals surface area (Å²) in [6.45, 7) is 0. The number of anilines is 1. The SMILES string of the molecule is O=C(CCCc1cccs1)Nc1ccc(Cl)cc1Cl. The van der Waals surface area contributed by atoms with Crippen LogP contribution in [0.1, 0.15) is 17.7 Å². The van der Waals surface area contributed by atoms with Crippen LogP contribution >= 0.6 is 34.5 Å². The van der Waals surface area contributed by atoms with Gasteiger partial charge in [-0.1, -0.05) is 29.3 Å². The molecule has 1 N–H and O–H groups in total. The van der Waals surface area contributed by atoms with Gasteiger partial charge in [0.05, 0.1) is 10.7 Å². The van der Waals surface area contributed by atoms with Crippen molar-refractivity contribution in [2.45, 2.75) is 19.3 Å². The van der Waals surface area contributed by atoms with E-state index in [9.17, 15) is 4.79 Å². The molecule has 0 atom stereocenters. The molecular weight excluding hydrogens is 301 g/mol. The average Bonchev–Trinajstić information content (AvgIpc) is 2.86. The maximum atomic E-state index is 11.8. The first kappa shape index (κ1) is 14.4. The van der Waals surface area contributed by atoms with Crippen molar-refractivity contribution in [3.8, 4) is 0 Å². The highest BCUT2D eigenvalue weighted by Crippen LogP contribution is 2.25. The highest BCUT2D eigenvalue weighted by atomic mass is 35.5. The predicted octanol–water partition coefficient (Wildman–Crippen LogP) is 5.02. The van der Waals surface area contributed by atoms with E-state index in [-0.39, 0.29) is 5.91 Å². The lowest BCUT2D eigenvalue weighted by atomic mass is 10.2. The number of carbonyl (C=O) groups is 1. The number of nitrogens with one attached hydrogen (secondary N) is 1. The monoisotopic (exact) mass is 313 g/mol. The van der Waals surface area contributed by atoms with E-state index in [4.69, 9.17) is 23.2 Å². The van der Waals surface area contributed by atoms with Gasteiger partial charge in [-0.3, -0.25) is 4.79 Å². The van der Waals surface area contributed by atoms with Crippen LogP contribution in [0.4, 0.5) is 5.69 Å². The van der Waals surface area contributed by atoms with Crippen molar-refractivity contribution < 1.29 is 4.79 Å². The summed E-state index contributed by atoms with van der Waals surface area (Å²) in [7, 11) is 0. The second kappa shape index (κ2) is 6.94. The zero-order valence-corrected chi connectivity index (χ0v) is 12.5. The Morgan fingerprint density at radius 1 is 1.26 bits per heavy atom. The standard InChI is InChI=1S/C14H13Cl2NOS/c15-10-6-7-13(12(16)9-10)17-14(18)5-1-3-11-4-2-8-19-11/h2,4,6-9H,1,3,5H2,(H,17,18). The van der Waals surface area contributed by atoms with Crippen LogP contribution in [-0.2, 0) is 11.2 Å². The molecule has 100 valence electrons. The van der Waals surface area contributed by atoms with Crippen molar-refractivity contribution in [3.05, 3.63) is 50.6 Å². The molecule has 1 aromatic heterocycles. The highest BCUT2D eigenvalue weighted by Gasteiger charge is 2.06. The fourth-order valence-corrected chi connectivity index (χ4v) is 2.89. The van der Waals surface area contributed by atoms with Crippen molar-refractivity contribution in [2.24, 2.45) is 0 Å². The van der Waals surface area contributed by atoms with Gasteiger partial charge in [0.25, 0.3) is 0 Å². The Balaban J connectivity index is 1.80. The van der Waals surface area contributed by atoms with Crippen LogP contribution in [0, 0.1) is 0 Å². The smallest absolute Gasteiger partial charge is 0.224 e. The van der Waals surface area contributed by atoms with Crippen molar-refractivity contribution in [1.82, 2.24) is 0 Å². The zero-order valence-electron chi connectivity index (χ0n) is 10.2. The second-order valence-electron chi connectivity index (χ2n) is 4.11. The van der Waals surface area contributed by atoms with Gasteiger partial charge in [0, 0.05) is 16.3 Å². The van der Waals surface area contributed by atoms with E-state index in [1.54, 1.807) is 29.5 Å². The normalized spacial score (nSPS) is 10.4. The third kappa shape index (κ3) is 4.53. The number of rotatable bonds is 5. The number of halogens is 2. The first-order valence-corrected chi connectivity index (χ1v) is 7.56. The minimum absolute atomic E-state index is 0.0271. The minimum Gasteiger partial charge on any atom is -0.325 e. The Kier molecular flexibility index (Phi) is 5.25. The van der Waals surface area contributed by atoms with E-state index in [1.807, 2.05) is 11.4 Å². The molecule has 19 heavy (non-hydrogen) atoms. The molecule has 1 aromatic carbocycles. The molecule has 0 aliphatic heterocycles. The Hall–Kier alpha value is -1.03. The summed E-state index contributed by atoms with van der Waals surface area (Å²) in [5.41, 5.74) is 0.604. The molecule has 0 radical (unpaired) electrons. The molecule has 5 heteroatoms. The summed E-state index contributed by atoms with van der Waals surface area (Å²) in [5.74, 6) is -0.0271. The van der Waals surface area contributed by atoms with Gasteiger partial charge >= 0.3 is 0 Å².